The molecule has 0 bridgehead atoms. The fourth-order valence-corrected chi connectivity index (χ4v) is 1.61. The SMILES string of the molecule is O=C(/C=C/Cc1ccccc1)c1ccccc1. The first kappa shape index (κ1) is 11.3. The average Bonchev–Trinajstić information content (AvgIpc) is 2.41. The molecule has 0 saturated heterocycles. The number of allylic oxidation sites excluding steroid dienone is 2. The van der Waals surface area contributed by atoms with E-state index in [2.05, 4.69) is 12.1 Å². The van der Waals surface area contributed by atoms with Gasteiger partial charge in [-0.15, -0.1) is 0 Å². The Labute approximate surface area is 101 Å². The molecule has 17 heavy (non-hydrogen) atoms. The second-order valence-electron chi connectivity index (χ2n) is 3.82. The van der Waals surface area contributed by atoms with E-state index in [0.29, 0.717) is 0 Å². The molecule has 2 rings (SSSR count). The standard InChI is InChI=1S/C16H14O/c17-16(15-11-5-2-6-12-15)13-7-10-14-8-3-1-4-9-14/h1-9,11-13H,10H2/b13-7+. The molecule has 0 amide bonds. The van der Waals surface area contributed by atoms with E-state index < -0.39 is 0 Å². The van der Waals surface area contributed by atoms with Gasteiger partial charge in [-0.1, -0.05) is 66.7 Å². The Hall–Kier alpha value is -2.15. The molecule has 2 aromatic rings. The molecular weight excluding hydrogens is 208 g/mol. The molecule has 0 saturated carbocycles. The van der Waals surface area contributed by atoms with Gasteiger partial charge in [0.05, 0.1) is 0 Å². The predicted octanol–water partition coefficient (Wildman–Crippen LogP) is 3.67. The summed E-state index contributed by atoms with van der Waals surface area (Å²) in [7, 11) is 0. The van der Waals surface area contributed by atoms with Gasteiger partial charge in [-0.05, 0) is 18.1 Å². The first-order valence-corrected chi connectivity index (χ1v) is 5.66. The summed E-state index contributed by atoms with van der Waals surface area (Å²) in [5.74, 6) is 0.0570. The molecule has 0 aliphatic carbocycles. The van der Waals surface area contributed by atoms with Crippen molar-refractivity contribution in [2.24, 2.45) is 0 Å². The molecule has 1 nitrogen and oxygen atoms in total. The van der Waals surface area contributed by atoms with Crippen LogP contribution < -0.4 is 0 Å². The summed E-state index contributed by atoms with van der Waals surface area (Å²) in [4.78, 5) is 11.7. The maximum absolute atomic E-state index is 11.7. The van der Waals surface area contributed by atoms with Gasteiger partial charge in [0.2, 0.25) is 0 Å². The Morgan fingerprint density at radius 1 is 0.882 bits per heavy atom. The second-order valence-corrected chi connectivity index (χ2v) is 3.82. The summed E-state index contributed by atoms with van der Waals surface area (Å²) in [5, 5.41) is 0. The Bertz CT molecular complexity index is 498. The zero-order chi connectivity index (χ0) is 11.9. The van der Waals surface area contributed by atoms with Gasteiger partial charge in [-0.25, -0.2) is 0 Å². The summed E-state index contributed by atoms with van der Waals surface area (Å²) >= 11 is 0. The largest absolute Gasteiger partial charge is 0.289 e. The maximum Gasteiger partial charge on any atom is 0.185 e. The van der Waals surface area contributed by atoms with Crippen molar-refractivity contribution in [3.05, 3.63) is 83.9 Å². The molecule has 0 fully saturated rings. The highest BCUT2D eigenvalue weighted by Crippen LogP contribution is 2.03. The summed E-state index contributed by atoms with van der Waals surface area (Å²) in [5.41, 5.74) is 1.95. The number of carbonyl (C=O) groups excluding carboxylic acids is 1. The van der Waals surface area contributed by atoms with Crippen molar-refractivity contribution < 1.29 is 4.79 Å². The smallest absolute Gasteiger partial charge is 0.185 e. The van der Waals surface area contributed by atoms with E-state index >= 15 is 0 Å². The van der Waals surface area contributed by atoms with Gasteiger partial charge in [0, 0.05) is 5.56 Å². The van der Waals surface area contributed by atoms with Crippen LogP contribution in [0, 0.1) is 0 Å². The van der Waals surface area contributed by atoms with Crippen LogP contribution in [0.4, 0.5) is 0 Å². The van der Waals surface area contributed by atoms with Crippen LogP contribution in [-0.4, -0.2) is 5.78 Å². The van der Waals surface area contributed by atoms with Gasteiger partial charge < -0.3 is 0 Å². The molecule has 0 atom stereocenters. The summed E-state index contributed by atoms with van der Waals surface area (Å²) in [6.07, 6.45) is 4.34. The zero-order valence-corrected chi connectivity index (χ0v) is 9.54. The quantitative estimate of drug-likeness (QED) is 0.570. The first-order chi connectivity index (χ1) is 8.36. The lowest BCUT2D eigenvalue weighted by Gasteiger charge is -1.95. The fourth-order valence-electron chi connectivity index (χ4n) is 1.61. The van der Waals surface area contributed by atoms with Crippen LogP contribution in [-0.2, 0) is 6.42 Å². The molecule has 0 heterocycles. The lowest BCUT2D eigenvalue weighted by Crippen LogP contribution is -1.93. The van der Waals surface area contributed by atoms with Crippen LogP contribution in [0.3, 0.4) is 0 Å². The lowest BCUT2D eigenvalue weighted by atomic mass is 10.1. The molecule has 1 heteroatoms. The second kappa shape index (κ2) is 5.80. The van der Waals surface area contributed by atoms with Gasteiger partial charge in [0.25, 0.3) is 0 Å². The van der Waals surface area contributed by atoms with E-state index in [9.17, 15) is 4.79 Å². The summed E-state index contributed by atoms with van der Waals surface area (Å²) in [6, 6.07) is 19.4. The third kappa shape index (κ3) is 3.42. The van der Waals surface area contributed by atoms with Crippen molar-refractivity contribution in [2.75, 3.05) is 0 Å². The first-order valence-electron chi connectivity index (χ1n) is 5.66. The molecule has 0 spiro atoms. The Balaban J connectivity index is 1.96. The minimum Gasteiger partial charge on any atom is -0.289 e. The molecule has 0 radical (unpaired) electrons. The Morgan fingerprint density at radius 2 is 1.47 bits per heavy atom. The van der Waals surface area contributed by atoms with Crippen molar-refractivity contribution in [3.8, 4) is 0 Å². The number of carbonyl (C=O) groups is 1. The molecule has 0 aliphatic heterocycles. The molecule has 84 valence electrons. The van der Waals surface area contributed by atoms with Gasteiger partial charge in [-0.3, -0.25) is 4.79 Å². The third-order valence-electron chi connectivity index (χ3n) is 2.52. The van der Waals surface area contributed by atoms with Gasteiger partial charge in [0.1, 0.15) is 0 Å². The predicted molar refractivity (Wildman–Crippen MR) is 70.1 cm³/mol. The number of hydrogen-bond donors (Lipinski definition) is 0. The highest BCUT2D eigenvalue weighted by molar-refractivity contribution is 6.04. The van der Waals surface area contributed by atoms with Crippen molar-refractivity contribution in [3.63, 3.8) is 0 Å². The van der Waals surface area contributed by atoms with E-state index in [0.717, 1.165) is 12.0 Å². The zero-order valence-electron chi connectivity index (χ0n) is 9.54. The number of ketones is 1. The number of hydrogen-bond acceptors (Lipinski definition) is 1. The summed E-state index contributed by atoms with van der Waals surface area (Å²) < 4.78 is 0. The normalized spacial score (nSPS) is 10.6. The number of benzene rings is 2. The molecule has 0 N–H and O–H groups in total. The lowest BCUT2D eigenvalue weighted by molar-refractivity contribution is 0.104. The van der Waals surface area contributed by atoms with E-state index in [-0.39, 0.29) is 5.78 Å². The van der Waals surface area contributed by atoms with Crippen LogP contribution in [0.5, 0.6) is 0 Å². The van der Waals surface area contributed by atoms with Crippen molar-refractivity contribution in [1.82, 2.24) is 0 Å². The minimum absolute atomic E-state index is 0.0570. The van der Waals surface area contributed by atoms with Crippen LogP contribution in [0.1, 0.15) is 15.9 Å². The average molecular weight is 222 g/mol. The highest BCUT2D eigenvalue weighted by Gasteiger charge is 1.98. The summed E-state index contributed by atoms with van der Waals surface area (Å²) in [6.45, 7) is 0. The van der Waals surface area contributed by atoms with E-state index in [4.69, 9.17) is 0 Å². The fraction of sp³-hybridized carbons (Fsp3) is 0.0625. The maximum atomic E-state index is 11.7. The van der Waals surface area contributed by atoms with Crippen molar-refractivity contribution >= 4 is 5.78 Å². The van der Waals surface area contributed by atoms with Gasteiger partial charge in [0.15, 0.2) is 5.78 Å². The minimum atomic E-state index is 0.0570. The molecule has 0 aliphatic rings. The molecular formula is C16H14O. The van der Waals surface area contributed by atoms with Gasteiger partial charge in [-0.2, -0.15) is 0 Å². The molecule has 2 aromatic carbocycles. The van der Waals surface area contributed by atoms with Crippen LogP contribution >= 0.6 is 0 Å². The van der Waals surface area contributed by atoms with E-state index in [1.165, 1.54) is 5.56 Å². The van der Waals surface area contributed by atoms with Gasteiger partial charge >= 0.3 is 0 Å². The van der Waals surface area contributed by atoms with Crippen LogP contribution in [0.25, 0.3) is 0 Å². The topological polar surface area (TPSA) is 17.1 Å². The third-order valence-corrected chi connectivity index (χ3v) is 2.52. The van der Waals surface area contributed by atoms with Crippen molar-refractivity contribution in [1.29, 1.82) is 0 Å². The number of rotatable bonds is 4. The Morgan fingerprint density at radius 3 is 2.12 bits per heavy atom. The van der Waals surface area contributed by atoms with Crippen LogP contribution in [0.2, 0.25) is 0 Å². The van der Waals surface area contributed by atoms with Crippen LogP contribution in [0.15, 0.2) is 72.8 Å². The molecule has 0 aromatic heterocycles. The Kier molecular flexibility index (Phi) is 3.87. The van der Waals surface area contributed by atoms with Crippen molar-refractivity contribution in [2.45, 2.75) is 6.42 Å². The van der Waals surface area contributed by atoms with E-state index in [1.807, 2.05) is 54.6 Å². The monoisotopic (exact) mass is 222 g/mol. The molecule has 0 unspecified atom stereocenters. The highest BCUT2D eigenvalue weighted by atomic mass is 16.1. The van der Waals surface area contributed by atoms with E-state index in [1.54, 1.807) is 6.08 Å².